The molecule has 0 aromatic heterocycles. The molecule has 1 heterocycles. The van der Waals surface area contributed by atoms with Crippen molar-refractivity contribution in [2.24, 2.45) is 0 Å². The number of rotatable bonds is 4. The molecule has 2 rings (SSSR count). The summed E-state index contributed by atoms with van der Waals surface area (Å²) >= 11 is 0. The van der Waals surface area contributed by atoms with Crippen LogP contribution in [0.1, 0.15) is 15.9 Å². The van der Waals surface area contributed by atoms with Crippen LogP contribution in [0, 0.1) is 0 Å². The Labute approximate surface area is 121 Å². The lowest BCUT2D eigenvalue weighted by Crippen LogP contribution is -2.55. The quantitative estimate of drug-likeness (QED) is 0.502. The number of carbonyl (C=O) groups excluding carboxylic acids is 1. The van der Waals surface area contributed by atoms with Crippen LogP contribution in [0.3, 0.4) is 0 Å². The first-order chi connectivity index (χ1) is 10.2. The van der Waals surface area contributed by atoms with Gasteiger partial charge < -0.3 is 19.7 Å². The Bertz CT molecular complexity index is 609. The number of hydrogen-bond donors (Lipinski definition) is 2. The number of aliphatic hydroxyl groups is 2. The maximum atomic E-state index is 13.8. The fraction of sp³-hybridized carbons (Fsp3) is 0.308. The van der Waals surface area contributed by atoms with Gasteiger partial charge in [0.15, 0.2) is 5.76 Å². The van der Waals surface area contributed by atoms with E-state index in [0.717, 1.165) is 12.3 Å². The van der Waals surface area contributed by atoms with Crippen LogP contribution in [0.5, 0.6) is 0 Å². The summed E-state index contributed by atoms with van der Waals surface area (Å²) in [5.41, 5.74) is -0.519. The van der Waals surface area contributed by atoms with Crippen molar-refractivity contribution in [1.29, 1.82) is 0 Å². The zero-order chi connectivity index (χ0) is 16.5. The second kappa shape index (κ2) is 5.58. The van der Waals surface area contributed by atoms with Gasteiger partial charge >= 0.3 is 12.0 Å². The highest BCUT2D eigenvalue weighted by Gasteiger charge is 2.61. The van der Waals surface area contributed by atoms with Crippen molar-refractivity contribution in [3.8, 4) is 0 Å². The van der Waals surface area contributed by atoms with Gasteiger partial charge in [0.25, 0.3) is 0 Å². The number of halogens is 4. The van der Waals surface area contributed by atoms with Gasteiger partial charge in [0.2, 0.25) is 18.7 Å². The zero-order valence-corrected chi connectivity index (χ0v) is 10.8. The number of carbonyl (C=O) groups is 1. The van der Waals surface area contributed by atoms with Crippen LogP contribution in [-0.2, 0) is 9.47 Å². The minimum absolute atomic E-state index is 0.0182. The largest absolute Gasteiger partial charge is 0.461 e. The molecule has 1 aromatic rings. The minimum atomic E-state index is -5.73. The molecule has 5 nitrogen and oxygen atoms in total. The van der Waals surface area contributed by atoms with Crippen LogP contribution in [-0.4, -0.2) is 40.9 Å². The Morgan fingerprint density at radius 3 is 2.41 bits per heavy atom. The second-order valence-electron chi connectivity index (χ2n) is 4.41. The van der Waals surface area contributed by atoms with Crippen LogP contribution in [0.4, 0.5) is 17.6 Å². The highest BCUT2D eigenvalue weighted by Crippen LogP contribution is 2.35. The Kier molecular flexibility index (Phi) is 4.12. The predicted octanol–water partition coefficient (Wildman–Crippen LogP) is 1.75. The lowest BCUT2D eigenvalue weighted by Gasteiger charge is -2.27. The summed E-state index contributed by atoms with van der Waals surface area (Å²) in [6.45, 7) is -0.163. The minimum Gasteiger partial charge on any atom is -0.461 e. The van der Waals surface area contributed by atoms with Gasteiger partial charge in [-0.05, 0) is 0 Å². The number of alkyl halides is 4. The van der Waals surface area contributed by atoms with E-state index in [1.807, 2.05) is 0 Å². The number of Topliss-reactive ketones (excluding diaryl/α,β-unsaturated/α-hetero) is 1. The van der Waals surface area contributed by atoms with Crippen LogP contribution in [0.25, 0.3) is 5.76 Å². The Balaban J connectivity index is 2.38. The first-order valence-corrected chi connectivity index (χ1v) is 5.90. The van der Waals surface area contributed by atoms with Crippen molar-refractivity contribution < 1.29 is 42.0 Å². The summed E-state index contributed by atoms with van der Waals surface area (Å²) in [4.78, 5) is 11.9. The third kappa shape index (κ3) is 2.77. The summed E-state index contributed by atoms with van der Waals surface area (Å²) in [6.07, 6.45) is -8.24. The Morgan fingerprint density at radius 2 is 1.86 bits per heavy atom. The second-order valence-corrected chi connectivity index (χ2v) is 4.41. The number of benzene rings is 1. The molecular formula is C13H10F4O5. The number of hydrogen-bond acceptors (Lipinski definition) is 5. The normalized spacial score (nSPS) is 16.5. The van der Waals surface area contributed by atoms with Crippen LogP contribution in [0.15, 0.2) is 30.5 Å². The van der Waals surface area contributed by atoms with Crippen molar-refractivity contribution in [2.45, 2.75) is 18.1 Å². The van der Waals surface area contributed by atoms with Gasteiger partial charge in [0, 0.05) is 11.1 Å². The maximum absolute atomic E-state index is 13.8. The van der Waals surface area contributed by atoms with Crippen molar-refractivity contribution in [1.82, 2.24) is 0 Å². The average molecular weight is 322 g/mol. The van der Waals surface area contributed by atoms with Gasteiger partial charge in [0.1, 0.15) is 6.26 Å². The summed E-state index contributed by atoms with van der Waals surface area (Å²) < 4.78 is 60.7. The smallest absolute Gasteiger partial charge is 0.446 e. The van der Waals surface area contributed by atoms with E-state index in [1.54, 1.807) is 0 Å². The molecule has 120 valence electrons. The van der Waals surface area contributed by atoms with Crippen molar-refractivity contribution in [3.63, 3.8) is 0 Å². The molecule has 0 saturated carbocycles. The lowest BCUT2D eigenvalue weighted by molar-refractivity contribution is -0.362. The molecule has 0 aliphatic carbocycles. The summed E-state index contributed by atoms with van der Waals surface area (Å²) in [5.74, 6) is -6.52. The van der Waals surface area contributed by atoms with Gasteiger partial charge in [-0.2, -0.15) is 13.2 Å². The summed E-state index contributed by atoms with van der Waals surface area (Å²) in [7, 11) is 0. The molecule has 1 aliphatic rings. The van der Waals surface area contributed by atoms with E-state index in [9.17, 15) is 22.4 Å². The van der Waals surface area contributed by atoms with Gasteiger partial charge in [0.05, 0.1) is 0 Å². The van der Waals surface area contributed by atoms with E-state index in [0.29, 0.717) is 0 Å². The first kappa shape index (κ1) is 16.2. The number of ether oxygens (including phenoxy) is 2. The Hall–Kier alpha value is -2.13. The predicted molar refractivity (Wildman–Crippen MR) is 63.9 cm³/mol. The molecule has 9 heteroatoms. The number of ketones is 1. The monoisotopic (exact) mass is 322 g/mol. The van der Waals surface area contributed by atoms with E-state index < -0.39 is 29.5 Å². The van der Waals surface area contributed by atoms with E-state index in [1.165, 1.54) is 18.2 Å². The van der Waals surface area contributed by atoms with E-state index in [2.05, 4.69) is 0 Å². The molecule has 0 fully saturated rings. The SMILES string of the molecule is O=C(c1ccccc1C1=COCO1)C(F)C(O)(O)C(F)(F)F. The molecular weight excluding hydrogens is 312 g/mol. The van der Waals surface area contributed by atoms with Gasteiger partial charge in [-0.1, -0.05) is 24.3 Å². The zero-order valence-electron chi connectivity index (χ0n) is 10.8. The van der Waals surface area contributed by atoms with Gasteiger partial charge in [-0.15, -0.1) is 0 Å². The van der Waals surface area contributed by atoms with Crippen molar-refractivity contribution in [2.75, 3.05) is 6.79 Å². The molecule has 1 unspecified atom stereocenters. The molecule has 0 radical (unpaired) electrons. The third-order valence-electron chi connectivity index (χ3n) is 2.93. The van der Waals surface area contributed by atoms with E-state index >= 15 is 0 Å². The first-order valence-electron chi connectivity index (χ1n) is 5.90. The molecule has 22 heavy (non-hydrogen) atoms. The molecule has 2 N–H and O–H groups in total. The molecule has 0 bridgehead atoms. The molecule has 1 aliphatic heterocycles. The maximum Gasteiger partial charge on any atom is 0.446 e. The van der Waals surface area contributed by atoms with Gasteiger partial charge in [-0.3, -0.25) is 4.79 Å². The summed E-state index contributed by atoms with van der Waals surface area (Å²) in [5, 5.41) is 17.7. The topological polar surface area (TPSA) is 76.0 Å². The van der Waals surface area contributed by atoms with Gasteiger partial charge in [-0.25, -0.2) is 4.39 Å². The van der Waals surface area contributed by atoms with Crippen LogP contribution >= 0.6 is 0 Å². The molecule has 1 aromatic carbocycles. The standard InChI is InChI=1S/C13H10F4O5/c14-11(12(19,20)13(15,16)17)10(18)8-4-2-1-3-7(8)9-5-21-6-22-9/h1-5,11,19-20H,6H2. The van der Waals surface area contributed by atoms with E-state index in [-0.39, 0.29) is 18.1 Å². The van der Waals surface area contributed by atoms with Crippen molar-refractivity contribution >= 4 is 11.5 Å². The molecule has 0 saturated heterocycles. The summed E-state index contributed by atoms with van der Waals surface area (Å²) in [6, 6.07) is 5.06. The average Bonchev–Trinajstić information content (AvgIpc) is 2.98. The third-order valence-corrected chi connectivity index (χ3v) is 2.93. The van der Waals surface area contributed by atoms with Crippen LogP contribution in [0.2, 0.25) is 0 Å². The lowest BCUT2D eigenvalue weighted by atomic mass is 9.95. The fourth-order valence-corrected chi connectivity index (χ4v) is 1.76. The van der Waals surface area contributed by atoms with E-state index in [4.69, 9.17) is 19.7 Å². The highest BCUT2D eigenvalue weighted by atomic mass is 19.4. The van der Waals surface area contributed by atoms with Crippen LogP contribution < -0.4 is 0 Å². The highest BCUT2D eigenvalue weighted by molar-refractivity contribution is 6.03. The fourth-order valence-electron chi connectivity index (χ4n) is 1.76. The van der Waals surface area contributed by atoms with Crippen molar-refractivity contribution in [3.05, 3.63) is 41.7 Å². The molecule has 0 amide bonds. The molecule has 0 spiro atoms. The molecule has 1 atom stereocenters. The Morgan fingerprint density at radius 1 is 1.23 bits per heavy atom.